The molecule has 0 radical (unpaired) electrons. The first-order chi connectivity index (χ1) is 9.88. The van der Waals surface area contributed by atoms with Crippen molar-refractivity contribution in [3.63, 3.8) is 0 Å². The first-order valence-corrected chi connectivity index (χ1v) is 9.31. The molecule has 0 saturated carbocycles. The van der Waals surface area contributed by atoms with Gasteiger partial charge in [0.05, 0.1) is 5.19 Å². The van der Waals surface area contributed by atoms with Gasteiger partial charge in [0.15, 0.2) is 0 Å². The van der Waals surface area contributed by atoms with Crippen LogP contribution in [0.1, 0.15) is 41.5 Å². The average molecular weight is 312 g/mol. The second-order valence-corrected chi connectivity index (χ2v) is 8.08. The van der Waals surface area contributed by atoms with E-state index in [9.17, 15) is 0 Å². The monoisotopic (exact) mass is 312 g/mol. The number of rotatable bonds is 8. The zero-order valence-corrected chi connectivity index (χ0v) is 15.1. The SMILES string of the molecule is CCO[Si](OCC)(OCC)c1ccccc1OC(C)(C)C. The van der Waals surface area contributed by atoms with Crippen molar-refractivity contribution in [2.45, 2.75) is 47.1 Å². The number of benzene rings is 1. The van der Waals surface area contributed by atoms with Crippen LogP contribution in [0.3, 0.4) is 0 Å². The summed E-state index contributed by atoms with van der Waals surface area (Å²) in [5, 5.41) is 0.894. The van der Waals surface area contributed by atoms with Gasteiger partial charge in [0.2, 0.25) is 0 Å². The van der Waals surface area contributed by atoms with Gasteiger partial charge in [-0.25, -0.2) is 0 Å². The van der Waals surface area contributed by atoms with E-state index in [1.165, 1.54) is 0 Å². The molecule has 0 unspecified atom stereocenters. The number of para-hydroxylation sites is 1. The smallest absolute Gasteiger partial charge is 0.488 e. The predicted octanol–water partition coefficient (Wildman–Crippen LogP) is 3.12. The van der Waals surface area contributed by atoms with Gasteiger partial charge in [-0.15, -0.1) is 0 Å². The quantitative estimate of drug-likeness (QED) is 0.691. The summed E-state index contributed by atoms with van der Waals surface area (Å²) in [4.78, 5) is 0. The van der Waals surface area contributed by atoms with E-state index in [1.807, 2.05) is 65.8 Å². The standard InChI is InChI=1S/C16H28O4Si/c1-7-17-21(18-8-2,19-9-3)15-13-11-10-12-14(15)20-16(4,5)6/h10-13H,7-9H2,1-6H3. The van der Waals surface area contributed by atoms with Crippen molar-refractivity contribution < 1.29 is 18.0 Å². The number of ether oxygens (including phenoxy) is 1. The van der Waals surface area contributed by atoms with Crippen LogP contribution < -0.4 is 9.92 Å². The van der Waals surface area contributed by atoms with Crippen LogP contribution in [-0.4, -0.2) is 34.2 Å². The molecule has 0 aromatic heterocycles. The van der Waals surface area contributed by atoms with E-state index in [0.29, 0.717) is 19.8 Å². The van der Waals surface area contributed by atoms with Crippen LogP contribution in [-0.2, 0) is 13.3 Å². The molecular formula is C16H28O4Si. The molecule has 0 fully saturated rings. The van der Waals surface area contributed by atoms with Crippen molar-refractivity contribution in [1.29, 1.82) is 0 Å². The first-order valence-electron chi connectivity index (χ1n) is 7.59. The zero-order valence-electron chi connectivity index (χ0n) is 14.1. The largest absolute Gasteiger partial charge is 0.541 e. The number of hydrogen-bond donors (Lipinski definition) is 0. The molecule has 1 aromatic rings. The topological polar surface area (TPSA) is 36.9 Å². The van der Waals surface area contributed by atoms with Crippen LogP contribution in [0.5, 0.6) is 5.75 Å². The third kappa shape index (κ3) is 5.11. The molecule has 4 nitrogen and oxygen atoms in total. The van der Waals surface area contributed by atoms with Gasteiger partial charge in [-0.2, -0.15) is 0 Å². The minimum absolute atomic E-state index is 0.291. The molecule has 0 saturated heterocycles. The second kappa shape index (κ2) is 7.94. The molecule has 21 heavy (non-hydrogen) atoms. The Labute approximate surface area is 129 Å². The fourth-order valence-corrected chi connectivity index (χ4v) is 4.66. The normalized spacial score (nSPS) is 12.5. The summed E-state index contributed by atoms with van der Waals surface area (Å²) in [6.07, 6.45) is 0. The molecule has 0 aliphatic rings. The second-order valence-electron chi connectivity index (χ2n) is 5.57. The lowest BCUT2D eigenvalue weighted by atomic mass is 10.2. The lowest BCUT2D eigenvalue weighted by molar-refractivity contribution is 0.0830. The molecule has 0 N–H and O–H groups in total. The van der Waals surface area contributed by atoms with E-state index in [2.05, 4.69) is 0 Å². The van der Waals surface area contributed by atoms with Gasteiger partial charge in [-0.1, -0.05) is 18.2 Å². The zero-order chi connectivity index (χ0) is 15.9. The minimum atomic E-state index is -2.94. The van der Waals surface area contributed by atoms with E-state index in [-0.39, 0.29) is 5.60 Å². The van der Waals surface area contributed by atoms with Crippen LogP contribution in [0.15, 0.2) is 24.3 Å². The molecule has 0 aliphatic carbocycles. The summed E-state index contributed by atoms with van der Waals surface area (Å²) < 4.78 is 24.0. The van der Waals surface area contributed by atoms with E-state index < -0.39 is 8.80 Å². The molecule has 120 valence electrons. The van der Waals surface area contributed by atoms with E-state index in [1.54, 1.807) is 0 Å². The Morgan fingerprint density at radius 2 is 1.33 bits per heavy atom. The lowest BCUT2D eigenvalue weighted by Gasteiger charge is -2.31. The Morgan fingerprint density at radius 3 is 1.76 bits per heavy atom. The summed E-state index contributed by atoms with van der Waals surface area (Å²) >= 11 is 0. The van der Waals surface area contributed by atoms with E-state index >= 15 is 0 Å². The minimum Gasteiger partial charge on any atom is -0.488 e. The average Bonchev–Trinajstić information content (AvgIpc) is 2.38. The van der Waals surface area contributed by atoms with Gasteiger partial charge in [0.1, 0.15) is 11.4 Å². The fourth-order valence-electron chi connectivity index (χ4n) is 2.07. The fraction of sp³-hybridized carbons (Fsp3) is 0.625. The highest BCUT2D eigenvalue weighted by molar-refractivity contribution is 6.76. The molecule has 0 atom stereocenters. The summed E-state index contributed by atoms with van der Waals surface area (Å²) in [7, 11) is -2.94. The molecule has 5 heteroatoms. The maximum atomic E-state index is 6.07. The molecule has 1 aromatic carbocycles. The first kappa shape index (κ1) is 18.2. The third-order valence-electron chi connectivity index (χ3n) is 2.64. The van der Waals surface area contributed by atoms with Gasteiger partial charge in [0.25, 0.3) is 0 Å². The summed E-state index contributed by atoms with van der Waals surface area (Å²) in [5.41, 5.74) is -0.291. The maximum Gasteiger partial charge on any atom is 0.541 e. The van der Waals surface area contributed by atoms with Crippen molar-refractivity contribution in [2.75, 3.05) is 19.8 Å². The van der Waals surface area contributed by atoms with Gasteiger partial charge in [0, 0.05) is 19.8 Å². The van der Waals surface area contributed by atoms with Crippen molar-refractivity contribution in [1.82, 2.24) is 0 Å². The molecule has 0 spiro atoms. The van der Waals surface area contributed by atoms with Crippen molar-refractivity contribution in [3.05, 3.63) is 24.3 Å². The van der Waals surface area contributed by atoms with Crippen LogP contribution in [0.2, 0.25) is 0 Å². The van der Waals surface area contributed by atoms with Crippen molar-refractivity contribution in [3.8, 4) is 5.75 Å². The molecule has 0 aliphatic heterocycles. The Kier molecular flexibility index (Phi) is 6.87. The highest BCUT2D eigenvalue weighted by Gasteiger charge is 2.46. The molecular weight excluding hydrogens is 284 g/mol. The van der Waals surface area contributed by atoms with Crippen molar-refractivity contribution >= 4 is 14.0 Å². The maximum absolute atomic E-state index is 6.07. The summed E-state index contributed by atoms with van der Waals surface area (Å²) in [5.74, 6) is 0.770. The Hall–Kier alpha value is -0.883. The van der Waals surface area contributed by atoms with Crippen molar-refractivity contribution in [2.24, 2.45) is 0 Å². The molecule has 0 heterocycles. The number of hydrogen-bond acceptors (Lipinski definition) is 4. The van der Waals surface area contributed by atoms with Crippen LogP contribution in [0, 0.1) is 0 Å². The van der Waals surface area contributed by atoms with Gasteiger partial charge in [-0.05, 0) is 47.6 Å². The lowest BCUT2D eigenvalue weighted by Crippen LogP contribution is -2.57. The van der Waals surface area contributed by atoms with Gasteiger partial charge in [-0.3, -0.25) is 0 Å². The van der Waals surface area contributed by atoms with E-state index in [4.69, 9.17) is 18.0 Å². The van der Waals surface area contributed by atoms with Gasteiger partial charge < -0.3 is 18.0 Å². The molecule has 1 rings (SSSR count). The molecule has 0 amide bonds. The van der Waals surface area contributed by atoms with Crippen LogP contribution >= 0.6 is 0 Å². The summed E-state index contributed by atoms with van der Waals surface area (Å²) in [6, 6.07) is 7.84. The summed E-state index contributed by atoms with van der Waals surface area (Å²) in [6.45, 7) is 13.5. The van der Waals surface area contributed by atoms with Crippen LogP contribution in [0.25, 0.3) is 0 Å². The third-order valence-corrected chi connectivity index (χ3v) is 5.72. The Balaban J connectivity index is 3.28. The Bertz CT molecular complexity index is 412. The molecule has 0 bridgehead atoms. The van der Waals surface area contributed by atoms with E-state index in [0.717, 1.165) is 10.9 Å². The van der Waals surface area contributed by atoms with Crippen LogP contribution in [0.4, 0.5) is 0 Å². The Morgan fingerprint density at radius 1 is 0.857 bits per heavy atom. The highest BCUT2D eigenvalue weighted by atomic mass is 28.4. The predicted molar refractivity (Wildman–Crippen MR) is 87.1 cm³/mol. The highest BCUT2D eigenvalue weighted by Crippen LogP contribution is 2.21. The van der Waals surface area contributed by atoms with Gasteiger partial charge >= 0.3 is 8.80 Å².